The fraction of sp³-hybridized carbons (Fsp3) is 0.625. The quantitative estimate of drug-likeness (QED) is 0.450. The van der Waals surface area contributed by atoms with Gasteiger partial charge in [-0.2, -0.15) is 0 Å². The standard InChI is InChI=1S/C32H46O4/c1-29(2,3)23-15-19(16-24(35-23)30(4,5)6)13-21-27(33)22(28(21)34)14-20-17-25(31(7,8)9)36-26(18-20)32(10,11)12/h13-18,21-22,27-28H,1-12H3/q-2. The molecule has 0 amide bonds. The lowest BCUT2D eigenvalue weighted by Gasteiger charge is -2.59. The summed E-state index contributed by atoms with van der Waals surface area (Å²) in [6.07, 6.45) is 9.72. The van der Waals surface area contributed by atoms with Crippen molar-refractivity contribution in [3.05, 3.63) is 70.6 Å². The summed E-state index contributed by atoms with van der Waals surface area (Å²) < 4.78 is 12.4. The van der Waals surface area contributed by atoms with Gasteiger partial charge in [-0.15, -0.1) is 12.2 Å². The predicted molar refractivity (Wildman–Crippen MR) is 143 cm³/mol. The van der Waals surface area contributed by atoms with Gasteiger partial charge in [0.25, 0.3) is 0 Å². The lowest BCUT2D eigenvalue weighted by atomic mass is 9.67. The molecule has 0 radical (unpaired) electrons. The third kappa shape index (κ3) is 6.26. The summed E-state index contributed by atoms with van der Waals surface area (Å²) in [5.74, 6) is 2.28. The molecule has 0 saturated heterocycles. The highest BCUT2D eigenvalue weighted by Gasteiger charge is 2.36. The van der Waals surface area contributed by atoms with Crippen LogP contribution in [0.4, 0.5) is 0 Å². The van der Waals surface area contributed by atoms with Gasteiger partial charge in [-0.25, -0.2) is 0 Å². The zero-order valence-corrected chi connectivity index (χ0v) is 24.4. The Morgan fingerprint density at radius 3 is 0.917 bits per heavy atom. The average Bonchev–Trinajstić information content (AvgIpc) is 2.72. The summed E-state index contributed by atoms with van der Waals surface area (Å²) in [7, 11) is 0. The SMILES string of the molecule is CC(C)(C)C1=CC(=CC2C([O-])C(C=C3C=C(C(C)(C)C)OC(C(C)(C)C)=C3)C2[O-])C=C(C(C)(C)C)O1. The van der Waals surface area contributed by atoms with E-state index in [9.17, 15) is 10.2 Å². The van der Waals surface area contributed by atoms with Gasteiger partial charge in [-0.05, 0) is 47.3 Å². The zero-order chi connectivity index (χ0) is 27.4. The predicted octanol–water partition coefficient (Wildman–Crippen LogP) is 6.32. The van der Waals surface area contributed by atoms with Crippen LogP contribution in [0.1, 0.15) is 83.1 Å². The Morgan fingerprint density at radius 2 is 0.722 bits per heavy atom. The van der Waals surface area contributed by atoms with Gasteiger partial charge in [-0.3, -0.25) is 0 Å². The first-order chi connectivity index (χ1) is 16.2. The topological polar surface area (TPSA) is 64.6 Å². The molecule has 0 unspecified atom stereocenters. The molecule has 4 heteroatoms. The average molecular weight is 495 g/mol. The second kappa shape index (κ2) is 9.36. The minimum Gasteiger partial charge on any atom is -0.851 e. The van der Waals surface area contributed by atoms with Gasteiger partial charge in [0, 0.05) is 21.7 Å². The van der Waals surface area contributed by atoms with E-state index in [2.05, 4.69) is 83.1 Å². The number of ether oxygens (including phenoxy) is 2. The van der Waals surface area contributed by atoms with Crippen LogP contribution in [0.25, 0.3) is 0 Å². The van der Waals surface area contributed by atoms with E-state index in [1.807, 2.05) is 36.5 Å². The second-order valence-electron chi connectivity index (χ2n) is 14.7. The molecule has 0 spiro atoms. The van der Waals surface area contributed by atoms with Gasteiger partial charge < -0.3 is 19.7 Å². The van der Waals surface area contributed by atoms with E-state index in [-0.39, 0.29) is 21.7 Å². The van der Waals surface area contributed by atoms with Gasteiger partial charge in [0.1, 0.15) is 23.0 Å². The fourth-order valence-corrected chi connectivity index (χ4v) is 4.28. The summed E-state index contributed by atoms with van der Waals surface area (Å²) in [5, 5.41) is 26.6. The Morgan fingerprint density at radius 1 is 0.500 bits per heavy atom. The molecule has 2 aliphatic heterocycles. The molecule has 3 aliphatic rings. The molecule has 200 valence electrons. The van der Waals surface area contributed by atoms with Crippen LogP contribution < -0.4 is 10.2 Å². The molecule has 2 heterocycles. The maximum Gasteiger partial charge on any atom is 0.109 e. The third-order valence-corrected chi connectivity index (χ3v) is 6.87. The van der Waals surface area contributed by atoms with E-state index in [1.165, 1.54) is 0 Å². The molecule has 1 saturated carbocycles. The van der Waals surface area contributed by atoms with Gasteiger partial charge in [0.05, 0.1) is 0 Å². The smallest absolute Gasteiger partial charge is 0.109 e. The monoisotopic (exact) mass is 494 g/mol. The van der Waals surface area contributed by atoms with Crippen LogP contribution in [-0.4, -0.2) is 12.2 Å². The number of hydrogen-bond donors (Lipinski definition) is 0. The lowest BCUT2D eigenvalue weighted by molar-refractivity contribution is -0.550. The Hall–Kier alpha value is -2.04. The summed E-state index contributed by atoms with van der Waals surface area (Å²) in [4.78, 5) is 0. The van der Waals surface area contributed by atoms with E-state index in [4.69, 9.17) is 9.47 Å². The molecule has 0 aromatic heterocycles. The van der Waals surface area contributed by atoms with Gasteiger partial charge >= 0.3 is 0 Å². The maximum absolute atomic E-state index is 13.3. The van der Waals surface area contributed by atoms with E-state index < -0.39 is 24.0 Å². The highest BCUT2D eigenvalue weighted by atomic mass is 16.5. The molecule has 0 bridgehead atoms. The number of allylic oxidation sites excluding steroid dienone is 10. The van der Waals surface area contributed by atoms with E-state index in [1.54, 1.807) is 0 Å². The fourth-order valence-electron chi connectivity index (χ4n) is 4.28. The van der Waals surface area contributed by atoms with E-state index in [0.717, 1.165) is 34.2 Å². The van der Waals surface area contributed by atoms with Crippen LogP contribution in [0.3, 0.4) is 0 Å². The largest absolute Gasteiger partial charge is 0.851 e. The summed E-state index contributed by atoms with van der Waals surface area (Å²) in [5.41, 5.74) is 1.07. The third-order valence-electron chi connectivity index (χ3n) is 6.87. The van der Waals surface area contributed by atoms with Gasteiger partial charge in [0.2, 0.25) is 0 Å². The maximum atomic E-state index is 13.3. The molecule has 0 aromatic carbocycles. The highest BCUT2D eigenvalue weighted by molar-refractivity contribution is 5.43. The van der Waals surface area contributed by atoms with Crippen LogP contribution in [0.5, 0.6) is 0 Å². The van der Waals surface area contributed by atoms with Crippen LogP contribution in [0, 0.1) is 33.5 Å². The Kier molecular flexibility index (Phi) is 7.42. The summed E-state index contributed by atoms with van der Waals surface area (Å²) in [6, 6.07) is 0. The van der Waals surface area contributed by atoms with E-state index in [0.29, 0.717) is 0 Å². The van der Waals surface area contributed by atoms with E-state index >= 15 is 0 Å². The van der Waals surface area contributed by atoms with Crippen LogP contribution in [0.2, 0.25) is 0 Å². The molecule has 0 aromatic rings. The van der Waals surface area contributed by atoms with Crippen molar-refractivity contribution in [1.29, 1.82) is 0 Å². The van der Waals surface area contributed by atoms with Crippen molar-refractivity contribution in [3.63, 3.8) is 0 Å². The van der Waals surface area contributed by atoms with Crippen molar-refractivity contribution < 1.29 is 19.7 Å². The first-order valence-corrected chi connectivity index (χ1v) is 13.2. The molecule has 1 aliphatic carbocycles. The van der Waals surface area contributed by atoms with Crippen LogP contribution in [0.15, 0.2) is 70.6 Å². The molecule has 0 atom stereocenters. The van der Waals surface area contributed by atoms with Crippen LogP contribution >= 0.6 is 0 Å². The van der Waals surface area contributed by atoms with Crippen molar-refractivity contribution >= 4 is 0 Å². The van der Waals surface area contributed by atoms with Gasteiger partial charge in [0.15, 0.2) is 0 Å². The molecular formula is C32H46O4-2. The summed E-state index contributed by atoms with van der Waals surface area (Å²) in [6.45, 7) is 25.3. The Bertz CT molecular complexity index is 891. The highest BCUT2D eigenvalue weighted by Crippen LogP contribution is 2.43. The second-order valence-corrected chi connectivity index (χ2v) is 14.7. The number of hydrogen-bond acceptors (Lipinski definition) is 4. The van der Waals surface area contributed by atoms with Crippen molar-refractivity contribution in [1.82, 2.24) is 0 Å². The Labute approximate surface area is 219 Å². The van der Waals surface area contributed by atoms with Crippen molar-refractivity contribution in [2.24, 2.45) is 33.5 Å². The van der Waals surface area contributed by atoms with Crippen molar-refractivity contribution in [2.45, 2.75) is 95.3 Å². The molecule has 36 heavy (non-hydrogen) atoms. The molecule has 0 N–H and O–H groups in total. The zero-order valence-electron chi connectivity index (χ0n) is 24.4. The molecule has 1 fully saturated rings. The first-order valence-electron chi connectivity index (χ1n) is 13.2. The van der Waals surface area contributed by atoms with Gasteiger partial charge in [-0.1, -0.05) is 95.2 Å². The summed E-state index contributed by atoms with van der Waals surface area (Å²) >= 11 is 0. The molecular weight excluding hydrogens is 448 g/mol. The molecule has 4 nitrogen and oxygen atoms in total. The lowest BCUT2D eigenvalue weighted by Crippen LogP contribution is -2.65. The first kappa shape index (κ1) is 28.5. The van der Waals surface area contributed by atoms with Crippen molar-refractivity contribution in [2.75, 3.05) is 0 Å². The minimum atomic E-state index is -0.978. The minimum absolute atomic E-state index is 0.179. The van der Waals surface area contributed by atoms with Crippen molar-refractivity contribution in [3.8, 4) is 0 Å². The Balaban J connectivity index is 1.92. The van der Waals surface area contributed by atoms with Crippen LogP contribution in [-0.2, 0) is 9.47 Å². The number of rotatable bonds is 2. The molecule has 3 rings (SSSR count). The normalized spacial score (nSPS) is 27.6.